The van der Waals surface area contributed by atoms with Crippen molar-refractivity contribution in [3.63, 3.8) is 0 Å². The number of nitrogens with two attached hydrogens (primary N) is 1. The van der Waals surface area contributed by atoms with E-state index in [0.717, 1.165) is 12.1 Å². The first-order chi connectivity index (χ1) is 12.9. The van der Waals surface area contributed by atoms with Crippen LogP contribution in [0.3, 0.4) is 0 Å². The minimum Gasteiger partial charge on any atom is -0.224 e. The molecule has 0 aliphatic rings. The number of hydrogen-bond acceptors (Lipinski definition) is 3. The number of nitrogens with zero attached hydrogens (tertiary/aromatic N) is 2. The molecule has 0 atom stereocenters. The van der Waals surface area contributed by atoms with Crippen LogP contribution < -0.4 is 5.14 Å². The molecule has 0 amide bonds. The van der Waals surface area contributed by atoms with Gasteiger partial charge in [-0.3, -0.25) is 0 Å². The first-order valence-corrected chi connectivity index (χ1v) is 9.33. The zero-order chi connectivity index (χ0) is 21.0. The maximum atomic E-state index is 14.4. The van der Waals surface area contributed by atoms with Crippen LogP contribution in [-0.2, 0) is 10.0 Å². The zero-order valence-electron chi connectivity index (χ0n) is 13.2. The van der Waals surface area contributed by atoms with Gasteiger partial charge in [0.25, 0.3) is 5.95 Å². The van der Waals surface area contributed by atoms with E-state index in [1.807, 2.05) is 0 Å². The molecule has 0 saturated carbocycles. The molecule has 0 aliphatic carbocycles. The molecule has 0 radical (unpaired) electrons. The van der Waals surface area contributed by atoms with Crippen LogP contribution in [0.4, 0.5) is 22.0 Å². The highest BCUT2D eigenvalue weighted by Gasteiger charge is 2.27. The van der Waals surface area contributed by atoms with Crippen molar-refractivity contribution >= 4 is 33.2 Å². The highest BCUT2D eigenvalue weighted by Crippen LogP contribution is 2.34. The second-order valence-electron chi connectivity index (χ2n) is 5.37. The molecule has 2 N–H and O–H groups in total. The van der Waals surface area contributed by atoms with E-state index in [-0.39, 0.29) is 5.02 Å². The molecule has 3 aromatic rings. The second kappa shape index (κ2) is 6.99. The number of sulfonamides is 1. The fraction of sp³-hybridized carbons (Fsp3) is 0. The van der Waals surface area contributed by atoms with Gasteiger partial charge in [0.1, 0.15) is 23.0 Å². The molecule has 0 unspecified atom stereocenters. The summed E-state index contributed by atoms with van der Waals surface area (Å²) in [5.74, 6) is -7.93. The van der Waals surface area contributed by atoms with E-state index in [2.05, 4.69) is 5.10 Å². The molecule has 1 aromatic heterocycles. The third kappa shape index (κ3) is 3.34. The number of halogens is 7. The highest BCUT2D eigenvalue weighted by molar-refractivity contribution is 7.89. The monoisotopic (exact) mass is 457 g/mol. The Hall–Kier alpha value is -2.21. The van der Waals surface area contributed by atoms with Gasteiger partial charge in [-0.25, -0.2) is 31.4 Å². The summed E-state index contributed by atoms with van der Waals surface area (Å²) in [6.07, 6.45) is 0. The lowest BCUT2D eigenvalue weighted by molar-refractivity contribution is 0.487. The van der Waals surface area contributed by atoms with Gasteiger partial charge in [-0.05, 0) is 24.3 Å². The van der Waals surface area contributed by atoms with E-state index in [1.54, 1.807) is 0 Å². The molecular weight excluding hydrogens is 452 g/mol. The van der Waals surface area contributed by atoms with Gasteiger partial charge in [-0.15, -0.1) is 5.10 Å². The Labute approximate surface area is 164 Å². The largest absolute Gasteiger partial charge is 0.269 e. The van der Waals surface area contributed by atoms with E-state index in [4.69, 9.17) is 28.3 Å². The summed E-state index contributed by atoms with van der Waals surface area (Å²) >= 11 is 11.3. The lowest BCUT2D eigenvalue weighted by Gasteiger charge is -2.11. The summed E-state index contributed by atoms with van der Waals surface area (Å²) in [5, 5.41) is 7.10. The molecule has 0 fully saturated rings. The fourth-order valence-electron chi connectivity index (χ4n) is 2.44. The number of primary sulfonamides is 1. The van der Waals surface area contributed by atoms with Gasteiger partial charge in [0.15, 0.2) is 10.7 Å². The van der Waals surface area contributed by atoms with Gasteiger partial charge in [-0.2, -0.15) is 8.78 Å². The van der Waals surface area contributed by atoms with Gasteiger partial charge >= 0.3 is 0 Å². The number of aromatic nitrogens is 2. The predicted octanol–water partition coefficient (Wildman–Crippen LogP) is 4.19. The van der Waals surface area contributed by atoms with Crippen LogP contribution in [0.1, 0.15) is 0 Å². The van der Waals surface area contributed by atoms with Crippen LogP contribution in [0, 0.1) is 29.2 Å². The maximum absolute atomic E-state index is 14.4. The van der Waals surface area contributed by atoms with Gasteiger partial charge in [0.05, 0.1) is 10.0 Å². The Morgan fingerprint density at radius 2 is 1.54 bits per heavy atom. The van der Waals surface area contributed by atoms with E-state index in [0.29, 0.717) is 16.8 Å². The lowest BCUT2D eigenvalue weighted by Crippen LogP contribution is -2.16. The first kappa shape index (κ1) is 20.5. The lowest BCUT2D eigenvalue weighted by atomic mass is 10.1. The van der Waals surface area contributed by atoms with Crippen molar-refractivity contribution in [2.75, 3.05) is 0 Å². The molecule has 28 heavy (non-hydrogen) atoms. The molecule has 0 spiro atoms. The van der Waals surface area contributed by atoms with Crippen molar-refractivity contribution in [2.24, 2.45) is 5.14 Å². The van der Waals surface area contributed by atoms with Gasteiger partial charge in [-0.1, -0.05) is 23.2 Å². The van der Waals surface area contributed by atoms with Crippen LogP contribution in [0.25, 0.3) is 16.9 Å². The third-order valence-electron chi connectivity index (χ3n) is 3.59. The Balaban J connectivity index is 2.33. The first-order valence-electron chi connectivity index (χ1n) is 7.03. The number of rotatable bonds is 3. The second-order valence-corrected chi connectivity index (χ2v) is 7.66. The summed E-state index contributed by atoms with van der Waals surface area (Å²) in [6.45, 7) is 0. The molecule has 0 bridgehead atoms. The summed E-state index contributed by atoms with van der Waals surface area (Å²) in [4.78, 5) is -1.47. The summed E-state index contributed by atoms with van der Waals surface area (Å²) in [5.41, 5.74) is -2.15. The van der Waals surface area contributed by atoms with Crippen LogP contribution in [-0.4, -0.2) is 18.2 Å². The minimum absolute atomic E-state index is 0.202. The van der Waals surface area contributed by atoms with Crippen molar-refractivity contribution in [1.82, 2.24) is 9.78 Å². The SMILES string of the molecule is NS(=O)(=O)c1c(F)cc(-c2c(F)c(F)nn2-c2ccc(Cl)c(Cl)c2F)cc1F. The molecule has 13 heteroatoms. The molecule has 2 aromatic carbocycles. The van der Waals surface area contributed by atoms with E-state index < -0.39 is 66.1 Å². The molecule has 3 rings (SSSR count). The molecule has 148 valence electrons. The molecule has 5 nitrogen and oxygen atoms in total. The van der Waals surface area contributed by atoms with Crippen LogP contribution in [0.5, 0.6) is 0 Å². The van der Waals surface area contributed by atoms with Gasteiger partial charge < -0.3 is 0 Å². The van der Waals surface area contributed by atoms with Crippen molar-refractivity contribution in [2.45, 2.75) is 4.90 Å². The smallest absolute Gasteiger partial charge is 0.224 e. The molecular formula is C15H6Cl2F5N3O2S. The Bertz CT molecular complexity index is 1210. The van der Waals surface area contributed by atoms with Crippen molar-refractivity contribution in [1.29, 1.82) is 0 Å². The van der Waals surface area contributed by atoms with Crippen LogP contribution >= 0.6 is 23.2 Å². The Morgan fingerprint density at radius 1 is 0.964 bits per heavy atom. The molecule has 0 aliphatic heterocycles. The van der Waals surface area contributed by atoms with E-state index in [1.165, 1.54) is 0 Å². The third-order valence-corrected chi connectivity index (χ3v) is 5.33. The maximum Gasteiger partial charge on any atom is 0.269 e. The van der Waals surface area contributed by atoms with Gasteiger partial charge in [0.2, 0.25) is 15.8 Å². The van der Waals surface area contributed by atoms with Crippen molar-refractivity contribution < 1.29 is 30.4 Å². The topological polar surface area (TPSA) is 78.0 Å². The summed E-state index contributed by atoms with van der Waals surface area (Å²) in [6, 6.07) is 2.85. The summed E-state index contributed by atoms with van der Waals surface area (Å²) < 4.78 is 93.5. The Kier molecular flexibility index (Phi) is 5.13. The van der Waals surface area contributed by atoms with Gasteiger partial charge in [0, 0.05) is 5.56 Å². The predicted molar refractivity (Wildman–Crippen MR) is 90.2 cm³/mol. The Morgan fingerprint density at radius 3 is 2.07 bits per heavy atom. The average molecular weight is 458 g/mol. The van der Waals surface area contributed by atoms with E-state index in [9.17, 15) is 30.4 Å². The number of hydrogen-bond donors (Lipinski definition) is 1. The standard InChI is InChI=1S/C15H6Cl2F5N3O2S/c16-6-1-2-9(11(20)10(6)17)25-13(12(21)15(22)24-25)5-3-7(18)14(8(19)4-5)28(23,26)27/h1-4H,(H2,23,26,27). The van der Waals surface area contributed by atoms with Crippen molar-refractivity contribution in [3.05, 3.63) is 63.5 Å². The average Bonchev–Trinajstić information content (AvgIpc) is 2.86. The van der Waals surface area contributed by atoms with E-state index >= 15 is 0 Å². The number of benzene rings is 2. The molecule has 0 saturated heterocycles. The fourth-order valence-corrected chi connectivity index (χ4v) is 3.41. The van der Waals surface area contributed by atoms with Crippen molar-refractivity contribution in [3.8, 4) is 16.9 Å². The summed E-state index contributed by atoms with van der Waals surface area (Å²) in [7, 11) is -4.78. The molecule has 1 heterocycles. The quantitative estimate of drug-likeness (QED) is 0.473. The normalized spacial score (nSPS) is 11.9. The highest BCUT2D eigenvalue weighted by atomic mass is 35.5. The van der Waals surface area contributed by atoms with Crippen LogP contribution in [0.15, 0.2) is 29.2 Å². The minimum atomic E-state index is -4.78. The van der Waals surface area contributed by atoms with Crippen LogP contribution in [0.2, 0.25) is 10.0 Å². The zero-order valence-corrected chi connectivity index (χ0v) is 15.5.